The normalized spacial score (nSPS) is 19.5. The van der Waals surface area contributed by atoms with E-state index >= 15 is 0 Å². The second-order valence-electron chi connectivity index (χ2n) is 6.98. The van der Waals surface area contributed by atoms with Crippen molar-refractivity contribution in [1.82, 2.24) is 9.78 Å². The van der Waals surface area contributed by atoms with Crippen LogP contribution in [0, 0.1) is 0 Å². The topological polar surface area (TPSA) is 64.3 Å². The van der Waals surface area contributed by atoms with Gasteiger partial charge in [-0.3, -0.25) is 4.68 Å². The van der Waals surface area contributed by atoms with Gasteiger partial charge >= 0.3 is 12.1 Å². The summed E-state index contributed by atoms with van der Waals surface area (Å²) in [5.74, 6) is -4.83. The molecule has 1 heterocycles. The fourth-order valence-corrected chi connectivity index (χ4v) is 3.28. The predicted molar refractivity (Wildman–Crippen MR) is 91.4 cm³/mol. The lowest BCUT2D eigenvalue weighted by Gasteiger charge is -2.32. The number of alkyl halides is 5. The number of halogens is 5. The molecule has 0 radical (unpaired) electrons. The Balaban J connectivity index is 2.05. The highest BCUT2D eigenvalue weighted by Crippen LogP contribution is 2.48. The number of ether oxygens (including phenoxy) is 1. The quantitative estimate of drug-likeness (QED) is 0.585. The minimum absolute atomic E-state index is 0.0505. The van der Waals surface area contributed by atoms with Crippen molar-refractivity contribution in [3.63, 3.8) is 0 Å². The number of carbonyl (C=O) groups is 1. The van der Waals surface area contributed by atoms with Crippen LogP contribution in [0.5, 0.6) is 0 Å². The van der Waals surface area contributed by atoms with Crippen LogP contribution in [0.4, 0.5) is 22.0 Å². The van der Waals surface area contributed by atoms with Gasteiger partial charge in [0.05, 0.1) is 17.2 Å². The van der Waals surface area contributed by atoms with Crippen LogP contribution in [0.3, 0.4) is 0 Å². The molecule has 0 amide bonds. The number of benzene rings is 1. The molecule has 0 bridgehead atoms. The number of nitrogens with zero attached hydrogens (tertiary/aromatic N) is 2. The SMILES string of the molecule is CC(O)CCn1nc(C(F)(F)F)c2c1CCC(F)(F)[C@H]2OC(=O)c1ccccc1. The first-order valence-corrected chi connectivity index (χ1v) is 8.99. The molecule has 1 aliphatic rings. The highest BCUT2D eigenvalue weighted by molar-refractivity contribution is 5.89. The number of aliphatic hydroxyl groups excluding tert-OH is 1. The maximum Gasteiger partial charge on any atom is 0.435 e. The van der Waals surface area contributed by atoms with Crippen LogP contribution in [-0.2, 0) is 23.9 Å². The molecular weight excluding hydrogens is 399 g/mol. The Bertz CT molecular complexity index is 878. The molecule has 0 aliphatic heterocycles. The van der Waals surface area contributed by atoms with Crippen molar-refractivity contribution >= 4 is 5.97 Å². The molecule has 0 fully saturated rings. The summed E-state index contributed by atoms with van der Waals surface area (Å²) in [6.45, 7) is 1.38. The van der Waals surface area contributed by atoms with E-state index in [1.165, 1.54) is 31.2 Å². The van der Waals surface area contributed by atoms with Gasteiger partial charge in [-0.2, -0.15) is 18.3 Å². The van der Waals surface area contributed by atoms with Gasteiger partial charge in [-0.1, -0.05) is 18.2 Å². The van der Waals surface area contributed by atoms with Gasteiger partial charge in [-0.15, -0.1) is 0 Å². The number of aromatic nitrogens is 2. The van der Waals surface area contributed by atoms with E-state index in [0.29, 0.717) is 0 Å². The van der Waals surface area contributed by atoms with Crippen LogP contribution >= 0.6 is 0 Å². The third-order valence-electron chi connectivity index (χ3n) is 4.70. The van der Waals surface area contributed by atoms with Gasteiger partial charge in [0.15, 0.2) is 11.8 Å². The average molecular weight is 418 g/mol. The van der Waals surface area contributed by atoms with Crippen molar-refractivity contribution in [2.75, 3.05) is 0 Å². The molecule has 3 rings (SSSR count). The van der Waals surface area contributed by atoms with Crippen molar-refractivity contribution < 1.29 is 36.6 Å². The maximum atomic E-state index is 14.6. The monoisotopic (exact) mass is 418 g/mol. The zero-order chi connectivity index (χ0) is 21.4. The lowest BCUT2D eigenvalue weighted by Crippen LogP contribution is -2.36. The molecule has 5 nitrogen and oxygen atoms in total. The van der Waals surface area contributed by atoms with E-state index in [1.807, 2.05) is 0 Å². The second kappa shape index (κ2) is 7.74. The Hall–Kier alpha value is -2.49. The van der Waals surface area contributed by atoms with Crippen LogP contribution < -0.4 is 0 Å². The number of carbonyl (C=O) groups excluding carboxylic acids is 1. The summed E-state index contributed by atoms with van der Waals surface area (Å²) in [7, 11) is 0. The molecule has 1 unspecified atom stereocenters. The third-order valence-corrected chi connectivity index (χ3v) is 4.70. The number of aryl methyl sites for hydroxylation is 1. The number of esters is 1. The van der Waals surface area contributed by atoms with E-state index in [-0.39, 0.29) is 30.6 Å². The van der Waals surface area contributed by atoms with Crippen molar-refractivity contribution in [3.8, 4) is 0 Å². The van der Waals surface area contributed by atoms with E-state index in [4.69, 9.17) is 4.74 Å². The Morgan fingerprint density at radius 2 is 2.00 bits per heavy atom. The molecule has 1 aliphatic carbocycles. The van der Waals surface area contributed by atoms with Crippen molar-refractivity contribution in [1.29, 1.82) is 0 Å². The van der Waals surface area contributed by atoms with E-state index in [0.717, 1.165) is 4.68 Å². The van der Waals surface area contributed by atoms with E-state index in [9.17, 15) is 31.9 Å². The largest absolute Gasteiger partial charge is 0.447 e. The van der Waals surface area contributed by atoms with Gasteiger partial charge in [0.2, 0.25) is 0 Å². The van der Waals surface area contributed by atoms with E-state index in [1.54, 1.807) is 6.07 Å². The first-order chi connectivity index (χ1) is 13.5. The number of hydrogen-bond acceptors (Lipinski definition) is 4. The smallest absolute Gasteiger partial charge is 0.435 e. The van der Waals surface area contributed by atoms with Gasteiger partial charge in [-0.05, 0) is 31.9 Å². The van der Waals surface area contributed by atoms with Crippen LogP contribution in [0.1, 0.15) is 53.2 Å². The van der Waals surface area contributed by atoms with Gasteiger partial charge in [-0.25, -0.2) is 13.6 Å². The zero-order valence-electron chi connectivity index (χ0n) is 15.4. The van der Waals surface area contributed by atoms with Crippen LogP contribution in [0.15, 0.2) is 30.3 Å². The fourth-order valence-electron chi connectivity index (χ4n) is 3.28. The van der Waals surface area contributed by atoms with Crippen LogP contribution in [0.2, 0.25) is 0 Å². The second-order valence-corrected chi connectivity index (χ2v) is 6.98. The molecular formula is C19H19F5N2O3. The van der Waals surface area contributed by atoms with Crippen molar-refractivity contribution in [2.45, 2.75) is 57.0 Å². The van der Waals surface area contributed by atoms with E-state index in [2.05, 4.69) is 5.10 Å². The number of fused-ring (bicyclic) bond motifs is 1. The number of hydrogen-bond donors (Lipinski definition) is 1. The number of rotatable bonds is 5. The Morgan fingerprint density at radius 1 is 1.34 bits per heavy atom. The first-order valence-electron chi connectivity index (χ1n) is 8.99. The molecule has 0 saturated carbocycles. The minimum atomic E-state index is -5.01. The number of aliphatic hydroxyl groups is 1. The zero-order valence-corrected chi connectivity index (χ0v) is 15.4. The lowest BCUT2D eigenvalue weighted by molar-refractivity contribution is -0.151. The standard InChI is InChI=1S/C19H19F5N2O3/c1-11(27)8-10-26-13-7-9-18(20,21)16(14(13)15(25-26)19(22,23)24)29-17(28)12-5-3-2-4-6-12/h2-6,11,16,27H,7-10H2,1H3/t11?,16-/m0/s1. The Kier molecular flexibility index (Phi) is 5.66. The first kappa shape index (κ1) is 21.2. The summed E-state index contributed by atoms with van der Waals surface area (Å²) < 4.78 is 75.8. The van der Waals surface area contributed by atoms with Gasteiger partial charge in [0, 0.05) is 18.7 Å². The predicted octanol–water partition coefficient (Wildman–Crippen LogP) is 4.15. The molecule has 10 heteroatoms. The maximum absolute atomic E-state index is 14.6. The summed E-state index contributed by atoms with van der Waals surface area (Å²) in [6.07, 6.45) is -9.27. The molecule has 1 aromatic heterocycles. The average Bonchev–Trinajstić information content (AvgIpc) is 3.02. The lowest BCUT2D eigenvalue weighted by atomic mass is 9.89. The highest BCUT2D eigenvalue weighted by Gasteiger charge is 2.54. The van der Waals surface area contributed by atoms with Crippen molar-refractivity contribution in [3.05, 3.63) is 52.8 Å². The molecule has 0 saturated heterocycles. The van der Waals surface area contributed by atoms with Crippen LogP contribution in [-0.4, -0.2) is 32.9 Å². The highest BCUT2D eigenvalue weighted by atomic mass is 19.4. The minimum Gasteiger partial charge on any atom is -0.447 e. The fraction of sp³-hybridized carbons (Fsp3) is 0.474. The van der Waals surface area contributed by atoms with Gasteiger partial charge < -0.3 is 9.84 Å². The summed E-state index contributed by atoms with van der Waals surface area (Å²) in [5.41, 5.74) is -2.42. The molecule has 2 atom stereocenters. The van der Waals surface area contributed by atoms with Gasteiger partial charge in [0.1, 0.15) is 0 Å². The van der Waals surface area contributed by atoms with E-state index < -0.39 is 48.0 Å². The van der Waals surface area contributed by atoms with Crippen molar-refractivity contribution in [2.24, 2.45) is 0 Å². The Labute approximate surface area is 163 Å². The third kappa shape index (κ3) is 4.42. The Morgan fingerprint density at radius 3 is 2.59 bits per heavy atom. The summed E-state index contributed by atoms with van der Waals surface area (Å²) >= 11 is 0. The van der Waals surface area contributed by atoms with Crippen LogP contribution in [0.25, 0.3) is 0 Å². The molecule has 0 spiro atoms. The molecule has 29 heavy (non-hydrogen) atoms. The summed E-state index contributed by atoms with van der Waals surface area (Å²) in [4.78, 5) is 12.3. The summed E-state index contributed by atoms with van der Waals surface area (Å²) in [5, 5.41) is 12.9. The molecule has 158 valence electrons. The molecule has 1 N–H and O–H groups in total. The molecule has 2 aromatic rings. The summed E-state index contributed by atoms with van der Waals surface area (Å²) in [6, 6.07) is 7.20. The molecule has 1 aromatic carbocycles. The van der Waals surface area contributed by atoms with Gasteiger partial charge in [0.25, 0.3) is 5.92 Å².